The van der Waals surface area contributed by atoms with Gasteiger partial charge < -0.3 is 0 Å². The van der Waals surface area contributed by atoms with Gasteiger partial charge in [-0.3, -0.25) is 4.79 Å². The van der Waals surface area contributed by atoms with Crippen molar-refractivity contribution in [1.29, 1.82) is 0 Å². The molecule has 1 fully saturated rings. The summed E-state index contributed by atoms with van der Waals surface area (Å²) < 4.78 is 0. The number of thioether (sulfide) groups is 1. The molecule has 0 heterocycles. The van der Waals surface area contributed by atoms with E-state index < -0.39 is 0 Å². The molecule has 0 N–H and O–H groups in total. The zero-order valence-electron chi connectivity index (χ0n) is 9.67. The maximum absolute atomic E-state index is 12.1. The summed E-state index contributed by atoms with van der Waals surface area (Å²) in [5.74, 6) is 0.406. The summed E-state index contributed by atoms with van der Waals surface area (Å²) in [6.07, 6.45) is 11.5. The largest absolute Gasteiger partial charge is 0.299 e. The fraction of sp³-hybridized carbons (Fsp3) is 0.615. The number of carbonyl (C=O) groups excluding carboxylic acids is 1. The molecule has 1 nitrogen and oxygen atoms in total. The van der Waals surface area contributed by atoms with Gasteiger partial charge in [-0.2, -0.15) is 0 Å². The van der Waals surface area contributed by atoms with Gasteiger partial charge in [0.15, 0.2) is 0 Å². The minimum Gasteiger partial charge on any atom is -0.299 e. The molecular formula is C13H18OS. The Hall–Kier alpha value is -0.500. The second-order valence-corrected chi connectivity index (χ2v) is 5.86. The van der Waals surface area contributed by atoms with Crippen molar-refractivity contribution in [2.24, 2.45) is 10.8 Å². The number of Topliss-reactive ketones (excluding diaryl/α,β-unsaturated/α-hetero) is 1. The maximum Gasteiger partial charge on any atom is 0.143 e. The lowest BCUT2D eigenvalue weighted by Gasteiger charge is -2.47. The highest BCUT2D eigenvalue weighted by Gasteiger charge is 2.49. The Balaban J connectivity index is 2.44. The van der Waals surface area contributed by atoms with Crippen LogP contribution in [0.25, 0.3) is 0 Å². The van der Waals surface area contributed by atoms with Crippen LogP contribution in [0.3, 0.4) is 0 Å². The molecule has 0 aromatic heterocycles. The minimum absolute atomic E-state index is 0.0371. The van der Waals surface area contributed by atoms with Gasteiger partial charge in [0.05, 0.1) is 5.41 Å². The van der Waals surface area contributed by atoms with Crippen molar-refractivity contribution < 1.29 is 4.79 Å². The average Bonchev–Trinajstić information content (AvgIpc) is 2.21. The van der Waals surface area contributed by atoms with Crippen molar-refractivity contribution in [1.82, 2.24) is 0 Å². The van der Waals surface area contributed by atoms with Gasteiger partial charge in [0.1, 0.15) is 5.78 Å². The van der Waals surface area contributed by atoms with Gasteiger partial charge in [0.2, 0.25) is 0 Å². The zero-order valence-corrected chi connectivity index (χ0v) is 10.5. The van der Waals surface area contributed by atoms with Gasteiger partial charge in [-0.25, -0.2) is 0 Å². The van der Waals surface area contributed by atoms with Gasteiger partial charge in [-0.15, -0.1) is 11.8 Å². The average molecular weight is 222 g/mol. The minimum atomic E-state index is -0.259. The Kier molecular flexibility index (Phi) is 2.58. The van der Waals surface area contributed by atoms with Crippen LogP contribution in [0, 0.1) is 10.8 Å². The first-order chi connectivity index (χ1) is 7.02. The van der Waals surface area contributed by atoms with Crippen LogP contribution in [0.5, 0.6) is 0 Å². The second-order valence-electron chi connectivity index (χ2n) is 4.98. The van der Waals surface area contributed by atoms with Crippen molar-refractivity contribution >= 4 is 17.5 Å². The Bertz CT molecular complexity index is 356. The maximum atomic E-state index is 12.1. The molecule has 2 heteroatoms. The molecule has 1 saturated carbocycles. The molecule has 2 rings (SSSR count). The highest BCUT2D eigenvalue weighted by Crippen LogP contribution is 2.53. The van der Waals surface area contributed by atoms with E-state index in [1.807, 2.05) is 0 Å². The summed E-state index contributed by atoms with van der Waals surface area (Å²) in [5, 5.41) is 0. The quantitative estimate of drug-likeness (QED) is 0.674. The van der Waals surface area contributed by atoms with Crippen LogP contribution in [-0.4, -0.2) is 12.0 Å². The molecule has 2 atom stereocenters. The molecule has 0 aliphatic heterocycles. The van der Waals surface area contributed by atoms with E-state index >= 15 is 0 Å². The third-order valence-corrected chi connectivity index (χ3v) is 4.87. The van der Waals surface area contributed by atoms with Gasteiger partial charge in [0.25, 0.3) is 0 Å². The molecule has 2 aliphatic rings. The number of rotatable bonds is 1. The number of hydrogen-bond donors (Lipinski definition) is 0. The fourth-order valence-electron chi connectivity index (χ4n) is 2.70. The highest BCUT2D eigenvalue weighted by molar-refractivity contribution is 8.02. The SMILES string of the molecule is CSC1=C[C@@]2(C)CCCC(=O)[C@@]2(C)C=C1. The zero-order chi connectivity index (χ0) is 11.1. The number of allylic oxidation sites excluding steroid dienone is 3. The first-order valence-electron chi connectivity index (χ1n) is 5.51. The van der Waals surface area contributed by atoms with E-state index in [0.29, 0.717) is 5.78 Å². The summed E-state index contributed by atoms with van der Waals surface area (Å²) in [6.45, 7) is 4.32. The fourth-order valence-corrected chi connectivity index (χ4v) is 3.28. The first kappa shape index (κ1) is 11.0. The van der Waals surface area contributed by atoms with Crippen molar-refractivity contribution in [3.63, 3.8) is 0 Å². The molecule has 0 aromatic carbocycles. The molecule has 15 heavy (non-hydrogen) atoms. The lowest BCUT2D eigenvalue weighted by Crippen LogP contribution is -2.45. The third kappa shape index (κ3) is 1.50. The first-order valence-corrected chi connectivity index (χ1v) is 6.74. The molecular weight excluding hydrogens is 204 g/mol. The normalized spacial score (nSPS) is 39.9. The smallest absolute Gasteiger partial charge is 0.143 e. The van der Waals surface area contributed by atoms with Crippen molar-refractivity contribution in [3.05, 3.63) is 23.1 Å². The molecule has 0 saturated heterocycles. The second kappa shape index (κ2) is 3.51. The standard InChI is InChI=1S/C13H18OS/c1-12-7-4-5-11(14)13(12,2)8-6-10(9-12)15-3/h6,8-9H,4-5,7H2,1-3H3/t12-,13-/m1/s1. The number of carbonyl (C=O) groups is 1. The summed E-state index contributed by atoms with van der Waals surface area (Å²) in [7, 11) is 0. The van der Waals surface area contributed by atoms with Crippen LogP contribution >= 0.6 is 11.8 Å². The summed E-state index contributed by atoms with van der Waals surface area (Å²) >= 11 is 1.76. The Morgan fingerprint density at radius 3 is 2.80 bits per heavy atom. The van der Waals surface area contributed by atoms with Crippen molar-refractivity contribution in [2.45, 2.75) is 33.1 Å². The molecule has 2 aliphatic carbocycles. The molecule has 0 radical (unpaired) electrons. The highest BCUT2D eigenvalue weighted by atomic mass is 32.2. The summed E-state index contributed by atoms with van der Waals surface area (Å²) in [6, 6.07) is 0. The van der Waals surface area contributed by atoms with E-state index in [1.165, 1.54) is 4.91 Å². The van der Waals surface area contributed by atoms with Gasteiger partial charge in [-0.05, 0) is 26.0 Å². The number of fused-ring (bicyclic) bond motifs is 1. The molecule has 0 unspecified atom stereocenters. The molecule has 0 aromatic rings. The van der Waals surface area contributed by atoms with E-state index in [2.05, 4.69) is 38.3 Å². The van der Waals surface area contributed by atoms with Crippen molar-refractivity contribution in [3.8, 4) is 0 Å². The summed E-state index contributed by atoms with van der Waals surface area (Å²) in [5.41, 5.74) is -0.222. The van der Waals surface area contributed by atoms with Crippen LogP contribution < -0.4 is 0 Å². The predicted octanol–water partition coefficient (Wildman–Crippen LogP) is 3.57. The van der Waals surface area contributed by atoms with E-state index in [4.69, 9.17) is 0 Å². The molecule has 82 valence electrons. The Morgan fingerprint density at radius 1 is 1.40 bits per heavy atom. The Morgan fingerprint density at radius 2 is 2.13 bits per heavy atom. The van der Waals surface area contributed by atoms with Crippen molar-refractivity contribution in [2.75, 3.05) is 6.26 Å². The summed E-state index contributed by atoms with van der Waals surface area (Å²) in [4.78, 5) is 13.4. The van der Waals surface area contributed by atoms with Crippen LogP contribution in [0.15, 0.2) is 23.1 Å². The van der Waals surface area contributed by atoms with Gasteiger partial charge in [0, 0.05) is 16.7 Å². The molecule has 0 spiro atoms. The van der Waals surface area contributed by atoms with E-state index in [-0.39, 0.29) is 10.8 Å². The van der Waals surface area contributed by atoms with Crippen LogP contribution in [0.4, 0.5) is 0 Å². The lowest BCUT2D eigenvalue weighted by molar-refractivity contribution is -0.133. The van der Waals surface area contributed by atoms with E-state index in [9.17, 15) is 4.79 Å². The lowest BCUT2D eigenvalue weighted by atomic mass is 9.55. The monoisotopic (exact) mass is 222 g/mol. The molecule has 0 bridgehead atoms. The third-order valence-electron chi connectivity index (χ3n) is 4.14. The van der Waals surface area contributed by atoms with Crippen LogP contribution in [0.1, 0.15) is 33.1 Å². The van der Waals surface area contributed by atoms with Gasteiger partial charge >= 0.3 is 0 Å². The number of hydrogen-bond acceptors (Lipinski definition) is 2. The van der Waals surface area contributed by atoms with Crippen LogP contribution in [-0.2, 0) is 4.79 Å². The Labute approximate surface area is 96.0 Å². The van der Waals surface area contributed by atoms with E-state index in [1.54, 1.807) is 11.8 Å². The van der Waals surface area contributed by atoms with E-state index in [0.717, 1.165) is 19.3 Å². The topological polar surface area (TPSA) is 17.1 Å². The predicted molar refractivity (Wildman–Crippen MR) is 65.8 cm³/mol. The van der Waals surface area contributed by atoms with Crippen LogP contribution in [0.2, 0.25) is 0 Å². The number of ketones is 1. The molecule has 0 amide bonds. The van der Waals surface area contributed by atoms with Gasteiger partial charge in [-0.1, -0.05) is 25.2 Å².